The molecule has 6 heteroatoms. The Morgan fingerprint density at radius 2 is 2.19 bits per heavy atom. The molecular formula is C10H15NO3S2. The second-order valence-electron chi connectivity index (χ2n) is 3.43. The Bertz CT molecular complexity index is 423. The standard InChI is InChI=1S/C10H15NO3S2/c1-2-3-4-8-16(13,14)11-10(12)9-6-5-7-15-9/h5-7H,2-4,8H2,1H3,(H,11,12). The van der Waals surface area contributed by atoms with Crippen molar-refractivity contribution in [1.82, 2.24) is 4.72 Å². The number of rotatable bonds is 6. The highest BCUT2D eigenvalue weighted by molar-refractivity contribution is 7.90. The fraction of sp³-hybridized carbons (Fsp3) is 0.500. The van der Waals surface area contributed by atoms with Crippen LogP contribution in [0, 0.1) is 0 Å². The van der Waals surface area contributed by atoms with Crippen molar-refractivity contribution in [3.8, 4) is 0 Å². The molecule has 1 amide bonds. The lowest BCUT2D eigenvalue weighted by Crippen LogP contribution is -2.32. The maximum atomic E-state index is 11.5. The van der Waals surface area contributed by atoms with E-state index in [1.165, 1.54) is 11.3 Å². The molecule has 1 heterocycles. The molecule has 90 valence electrons. The van der Waals surface area contributed by atoms with Crippen molar-refractivity contribution in [1.29, 1.82) is 0 Å². The summed E-state index contributed by atoms with van der Waals surface area (Å²) in [4.78, 5) is 11.9. The van der Waals surface area contributed by atoms with E-state index in [2.05, 4.69) is 4.72 Å². The Balaban J connectivity index is 2.50. The van der Waals surface area contributed by atoms with Crippen LogP contribution in [0.3, 0.4) is 0 Å². The topological polar surface area (TPSA) is 63.2 Å². The third-order valence-corrected chi connectivity index (χ3v) is 4.20. The molecule has 16 heavy (non-hydrogen) atoms. The molecule has 0 unspecified atom stereocenters. The first-order valence-corrected chi connectivity index (χ1v) is 7.66. The summed E-state index contributed by atoms with van der Waals surface area (Å²) in [6, 6.07) is 3.31. The lowest BCUT2D eigenvalue weighted by atomic mass is 10.3. The van der Waals surface area contributed by atoms with Gasteiger partial charge in [-0.1, -0.05) is 25.8 Å². The minimum atomic E-state index is -3.47. The maximum Gasteiger partial charge on any atom is 0.274 e. The highest BCUT2D eigenvalue weighted by atomic mass is 32.2. The minimum Gasteiger partial charge on any atom is -0.267 e. The van der Waals surface area contributed by atoms with Crippen molar-refractivity contribution in [2.45, 2.75) is 26.2 Å². The Kier molecular flexibility index (Phi) is 4.95. The van der Waals surface area contributed by atoms with Crippen LogP contribution in [-0.2, 0) is 10.0 Å². The largest absolute Gasteiger partial charge is 0.274 e. The summed E-state index contributed by atoms with van der Waals surface area (Å²) in [6.45, 7) is 2.00. The quantitative estimate of drug-likeness (QED) is 0.797. The van der Waals surface area contributed by atoms with Gasteiger partial charge in [-0.3, -0.25) is 4.79 Å². The van der Waals surface area contributed by atoms with Crippen LogP contribution < -0.4 is 4.72 Å². The highest BCUT2D eigenvalue weighted by Crippen LogP contribution is 2.08. The molecule has 0 aliphatic carbocycles. The smallest absolute Gasteiger partial charge is 0.267 e. The average molecular weight is 261 g/mol. The molecule has 0 radical (unpaired) electrons. The summed E-state index contributed by atoms with van der Waals surface area (Å²) in [6.07, 6.45) is 2.39. The molecular weight excluding hydrogens is 246 g/mol. The van der Waals surface area contributed by atoms with Crippen LogP contribution >= 0.6 is 11.3 Å². The molecule has 4 nitrogen and oxygen atoms in total. The third kappa shape index (κ3) is 4.32. The van der Waals surface area contributed by atoms with Gasteiger partial charge in [-0.2, -0.15) is 0 Å². The van der Waals surface area contributed by atoms with Crippen molar-refractivity contribution in [2.75, 3.05) is 5.75 Å². The lowest BCUT2D eigenvalue weighted by Gasteiger charge is -2.04. The molecule has 1 aromatic heterocycles. The van der Waals surface area contributed by atoms with E-state index in [-0.39, 0.29) is 5.75 Å². The van der Waals surface area contributed by atoms with Crippen molar-refractivity contribution in [3.05, 3.63) is 22.4 Å². The predicted octanol–water partition coefficient (Wildman–Crippen LogP) is 2.00. The van der Waals surface area contributed by atoms with E-state index in [1.54, 1.807) is 17.5 Å². The number of hydrogen-bond donors (Lipinski definition) is 1. The fourth-order valence-electron chi connectivity index (χ4n) is 1.19. The van der Waals surface area contributed by atoms with E-state index in [4.69, 9.17) is 0 Å². The van der Waals surface area contributed by atoms with Gasteiger partial charge in [0.25, 0.3) is 5.91 Å². The number of unbranched alkanes of at least 4 members (excludes halogenated alkanes) is 2. The molecule has 1 aromatic rings. The normalized spacial score (nSPS) is 11.3. The summed E-state index contributed by atoms with van der Waals surface area (Å²) in [5.41, 5.74) is 0. The summed E-state index contributed by atoms with van der Waals surface area (Å²) in [7, 11) is -3.47. The van der Waals surface area contributed by atoms with E-state index >= 15 is 0 Å². The molecule has 0 aromatic carbocycles. The van der Waals surface area contributed by atoms with Gasteiger partial charge in [-0.05, 0) is 17.9 Å². The van der Waals surface area contributed by atoms with Gasteiger partial charge in [0.05, 0.1) is 10.6 Å². The van der Waals surface area contributed by atoms with Crippen LogP contribution in [0.15, 0.2) is 17.5 Å². The number of nitrogens with one attached hydrogen (secondary N) is 1. The number of carbonyl (C=O) groups excluding carboxylic acids is 1. The second-order valence-corrected chi connectivity index (χ2v) is 6.22. The van der Waals surface area contributed by atoms with Gasteiger partial charge in [-0.15, -0.1) is 11.3 Å². The van der Waals surface area contributed by atoms with Crippen LogP contribution in [0.5, 0.6) is 0 Å². The molecule has 0 saturated carbocycles. The Morgan fingerprint density at radius 1 is 1.44 bits per heavy atom. The van der Waals surface area contributed by atoms with Crippen molar-refractivity contribution in [3.63, 3.8) is 0 Å². The van der Waals surface area contributed by atoms with E-state index in [0.717, 1.165) is 12.8 Å². The van der Waals surface area contributed by atoms with Gasteiger partial charge in [0.1, 0.15) is 0 Å². The fourth-order valence-corrected chi connectivity index (χ4v) is 2.95. The number of sulfonamides is 1. The first kappa shape index (κ1) is 13.2. The zero-order valence-corrected chi connectivity index (χ0v) is 10.7. The zero-order chi connectivity index (χ0) is 12.0. The van der Waals surface area contributed by atoms with Crippen LogP contribution in [0.1, 0.15) is 35.9 Å². The van der Waals surface area contributed by atoms with Gasteiger partial charge in [0.15, 0.2) is 0 Å². The van der Waals surface area contributed by atoms with E-state index in [0.29, 0.717) is 11.3 Å². The third-order valence-electron chi connectivity index (χ3n) is 2.01. The molecule has 0 bridgehead atoms. The molecule has 1 rings (SSSR count). The van der Waals surface area contributed by atoms with Crippen LogP contribution in [-0.4, -0.2) is 20.1 Å². The molecule has 0 spiro atoms. The molecule has 1 N–H and O–H groups in total. The summed E-state index contributed by atoms with van der Waals surface area (Å²) >= 11 is 1.22. The predicted molar refractivity (Wildman–Crippen MR) is 65.1 cm³/mol. The number of amides is 1. The lowest BCUT2D eigenvalue weighted by molar-refractivity contribution is 0.0985. The molecule has 0 saturated heterocycles. The van der Waals surface area contributed by atoms with Crippen molar-refractivity contribution in [2.24, 2.45) is 0 Å². The summed E-state index contributed by atoms with van der Waals surface area (Å²) < 4.78 is 25.0. The Hall–Kier alpha value is -0.880. The molecule has 0 aliphatic heterocycles. The second kappa shape index (κ2) is 6.00. The van der Waals surface area contributed by atoms with Gasteiger partial charge in [0, 0.05) is 0 Å². The Morgan fingerprint density at radius 3 is 2.75 bits per heavy atom. The van der Waals surface area contributed by atoms with Crippen molar-refractivity contribution >= 4 is 27.3 Å². The van der Waals surface area contributed by atoms with Gasteiger partial charge < -0.3 is 0 Å². The van der Waals surface area contributed by atoms with Gasteiger partial charge in [-0.25, -0.2) is 13.1 Å². The first-order chi connectivity index (χ1) is 7.55. The monoisotopic (exact) mass is 261 g/mol. The first-order valence-electron chi connectivity index (χ1n) is 5.13. The summed E-state index contributed by atoms with van der Waals surface area (Å²) in [5, 5.41) is 1.73. The highest BCUT2D eigenvalue weighted by Gasteiger charge is 2.15. The van der Waals surface area contributed by atoms with Gasteiger partial charge in [0.2, 0.25) is 10.0 Å². The zero-order valence-electron chi connectivity index (χ0n) is 9.10. The molecule has 0 aliphatic rings. The van der Waals surface area contributed by atoms with Crippen molar-refractivity contribution < 1.29 is 13.2 Å². The van der Waals surface area contributed by atoms with E-state index < -0.39 is 15.9 Å². The SMILES string of the molecule is CCCCCS(=O)(=O)NC(=O)c1cccs1. The number of hydrogen-bond acceptors (Lipinski definition) is 4. The van der Waals surface area contributed by atoms with Gasteiger partial charge >= 0.3 is 0 Å². The van der Waals surface area contributed by atoms with Crippen LogP contribution in [0.2, 0.25) is 0 Å². The summed E-state index contributed by atoms with van der Waals surface area (Å²) in [5.74, 6) is -0.524. The van der Waals surface area contributed by atoms with Crippen LogP contribution in [0.4, 0.5) is 0 Å². The van der Waals surface area contributed by atoms with E-state index in [1.807, 2.05) is 6.92 Å². The molecule has 0 atom stereocenters. The average Bonchev–Trinajstić information content (AvgIpc) is 2.69. The van der Waals surface area contributed by atoms with Crippen LogP contribution in [0.25, 0.3) is 0 Å². The number of carbonyl (C=O) groups is 1. The Labute approximate surface area is 99.7 Å². The minimum absolute atomic E-state index is 0.0119. The number of thiophene rings is 1. The van der Waals surface area contributed by atoms with E-state index in [9.17, 15) is 13.2 Å². The maximum absolute atomic E-state index is 11.5. The molecule has 0 fully saturated rings.